The van der Waals surface area contributed by atoms with E-state index in [9.17, 15) is 9.59 Å². The largest absolute Gasteiger partial charge is 0.367 e. The number of rotatable bonds is 6. The third-order valence-corrected chi connectivity index (χ3v) is 7.48. The van der Waals surface area contributed by atoms with Crippen LogP contribution in [0.25, 0.3) is 5.69 Å². The van der Waals surface area contributed by atoms with Gasteiger partial charge in [0.2, 0.25) is 0 Å². The van der Waals surface area contributed by atoms with Crippen molar-refractivity contribution in [1.29, 1.82) is 0 Å². The molecule has 0 saturated carbocycles. The number of hydrogen-bond acceptors (Lipinski definition) is 3. The zero-order valence-electron chi connectivity index (χ0n) is 23.7. The Bertz CT molecular complexity index is 1440. The number of nitrogens with one attached hydrogen (secondary N) is 3. The first-order chi connectivity index (χ1) is 19.2. The molecule has 1 aliphatic heterocycles. The summed E-state index contributed by atoms with van der Waals surface area (Å²) < 4.78 is 1.78. The van der Waals surface area contributed by atoms with Crippen molar-refractivity contribution in [2.75, 3.05) is 23.7 Å². The summed E-state index contributed by atoms with van der Waals surface area (Å²) in [5.41, 5.74) is 5.47. The van der Waals surface area contributed by atoms with Crippen LogP contribution in [-0.2, 0) is 11.8 Å². The number of amides is 3. The molecule has 5 rings (SSSR count). The van der Waals surface area contributed by atoms with E-state index in [0.29, 0.717) is 11.7 Å². The van der Waals surface area contributed by atoms with Gasteiger partial charge in [-0.3, -0.25) is 10.1 Å². The second-order valence-electron chi connectivity index (χ2n) is 11.7. The fourth-order valence-corrected chi connectivity index (χ4v) is 5.04. The van der Waals surface area contributed by atoms with Crippen LogP contribution in [0.4, 0.5) is 16.3 Å². The number of urea groups is 1. The molecule has 1 fully saturated rings. The van der Waals surface area contributed by atoms with E-state index in [4.69, 9.17) is 5.10 Å². The van der Waals surface area contributed by atoms with E-state index in [-0.39, 0.29) is 17.4 Å². The minimum atomic E-state index is -0.319. The van der Waals surface area contributed by atoms with Crippen molar-refractivity contribution in [3.8, 4) is 5.69 Å². The van der Waals surface area contributed by atoms with Gasteiger partial charge in [-0.1, -0.05) is 50.6 Å². The summed E-state index contributed by atoms with van der Waals surface area (Å²) in [6, 6.07) is 19.5. The van der Waals surface area contributed by atoms with E-state index in [1.807, 2.05) is 60.4 Å². The number of piperidine rings is 1. The molecule has 8 nitrogen and oxygen atoms in total. The van der Waals surface area contributed by atoms with Crippen LogP contribution < -0.4 is 10.6 Å². The van der Waals surface area contributed by atoms with Crippen LogP contribution >= 0.6 is 0 Å². The lowest BCUT2D eigenvalue weighted by molar-refractivity contribution is 0.0690. The molecule has 1 saturated heterocycles. The molecule has 208 valence electrons. The van der Waals surface area contributed by atoms with Gasteiger partial charge in [-0.15, -0.1) is 0 Å². The van der Waals surface area contributed by atoms with Crippen molar-refractivity contribution in [2.24, 2.45) is 5.92 Å². The number of anilines is 2. The monoisotopic (exact) mass is 538 g/mol. The molecule has 8 heteroatoms. The maximum absolute atomic E-state index is 13.0. The first kappa shape index (κ1) is 27.2. The highest BCUT2D eigenvalue weighted by Gasteiger charge is 2.24. The highest BCUT2D eigenvalue weighted by molar-refractivity contribution is 5.99. The Morgan fingerprint density at radius 1 is 0.975 bits per heavy atom. The predicted octanol–water partition coefficient (Wildman–Crippen LogP) is 6.55. The van der Waals surface area contributed by atoms with Crippen molar-refractivity contribution in [3.63, 3.8) is 0 Å². The van der Waals surface area contributed by atoms with Crippen molar-refractivity contribution >= 4 is 23.4 Å². The highest BCUT2D eigenvalue weighted by Crippen LogP contribution is 2.27. The number of aryl methyl sites for hydroxylation is 1. The maximum Gasteiger partial charge on any atom is 0.324 e. The molecule has 2 aromatic heterocycles. The molecule has 3 N–H and O–H groups in total. The van der Waals surface area contributed by atoms with Crippen LogP contribution in [0.1, 0.15) is 60.8 Å². The van der Waals surface area contributed by atoms with E-state index in [1.165, 1.54) is 5.56 Å². The van der Waals surface area contributed by atoms with Gasteiger partial charge in [-0.25, -0.2) is 9.48 Å². The molecular weight excluding hydrogens is 500 g/mol. The Balaban J connectivity index is 1.17. The number of likely N-dealkylation sites (tertiary alicyclic amines) is 1. The fraction of sp³-hybridized carbons (Fsp3) is 0.344. The van der Waals surface area contributed by atoms with E-state index in [2.05, 4.69) is 48.5 Å². The van der Waals surface area contributed by atoms with Crippen LogP contribution in [0.15, 0.2) is 73.1 Å². The average Bonchev–Trinajstić information content (AvgIpc) is 3.61. The van der Waals surface area contributed by atoms with Crippen molar-refractivity contribution in [1.82, 2.24) is 19.7 Å². The predicted molar refractivity (Wildman–Crippen MR) is 159 cm³/mol. The fourth-order valence-electron chi connectivity index (χ4n) is 5.04. The maximum atomic E-state index is 13.0. The smallest absolute Gasteiger partial charge is 0.324 e. The first-order valence-electron chi connectivity index (χ1n) is 13.9. The molecule has 4 aromatic rings. The SMILES string of the molecule is Cc1ccc(-n2nc(C(C)(C)C)cc2NC(=O)Nc2ccc(CC3CCN(C(=O)c4cc[nH]c4)CC3)cc2)cc1. The number of aromatic amines is 1. The first-order valence-corrected chi connectivity index (χ1v) is 13.9. The van der Waals surface area contributed by atoms with E-state index in [1.54, 1.807) is 17.1 Å². The van der Waals surface area contributed by atoms with Crippen LogP contribution in [0.2, 0.25) is 0 Å². The van der Waals surface area contributed by atoms with Crippen molar-refractivity contribution in [2.45, 2.75) is 52.4 Å². The molecule has 0 aliphatic carbocycles. The van der Waals surface area contributed by atoms with Crippen molar-refractivity contribution in [3.05, 3.63) is 95.4 Å². The summed E-state index contributed by atoms with van der Waals surface area (Å²) in [5.74, 6) is 1.26. The zero-order valence-corrected chi connectivity index (χ0v) is 23.7. The number of carbonyl (C=O) groups excluding carboxylic acids is 2. The lowest BCUT2D eigenvalue weighted by atomic mass is 9.90. The summed E-state index contributed by atoms with van der Waals surface area (Å²) in [4.78, 5) is 30.4. The van der Waals surface area contributed by atoms with E-state index in [0.717, 1.165) is 60.5 Å². The Morgan fingerprint density at radius 2 is 1.68 bits per heavy atom. The summed E-state index contributed by atoms with van der Waals surface area (Å²) >= 11 is 0. The van der Waals surface area contributed by atoms with Gasteiger partial charge < -0.3 is 15.2 Å². The Morgan fingerprint density at radius 3 is 2.30 bits per heavy atom. The Kier molecular flexibility index (Phi) is 7.78. The number of carbonyl (C=O) groups is 2. The minimum Gasteiger partial charge on any atom is -0.367 e. The van der Waals surface area contributed by atoms with Crippen LogP contribution in [0.5, 0.6) is 0 Å². The lowest BCUT2D eigenvalue weighted by Crippen LogP contribution is -2.38. The molecule has 1 aliphatic rings. The average molecular weight is 539 g/mol. The normalized spacial score (nSPS) is 14.2. The molecule has 0 spiro atoms. The molecule has 3 amide bonds. The van der Waals surface area contributed by atoms with Gasteiger partial charge in [0.05, 0.1) is 16.9 Å². The Hall–Kier alpha value is -4.33. The van der Waals surface area contributed by atoms with E-state index < -0.39 is 0 Å². The van der Waals surface area contributed by atoms with Crippen molar-refractivity contribution < 1.29 is 9.59 Å². The number of hydrogen-bond donors (Lipinski definition) is 3. The van der Waals surface area contributed by atoms with Gasteiger partial charge in [0.25, 0.3) is 5.91 Å². The standard InChI is InChI=1S/C32H38N6O2/c1-22-5-11-27(12-6-22)38-29(20-28(36-38)32(2,3)4)35-31(40)34-26-9-7-23(8-10-26)19-24-14-17-37(18-15-24)30(39)25-13-16-33-21-25/h5-13,16,20-21,24,33H,14-15,17-19H2,1-4H3,(H2,34,35,40). The highest BCUT2D eigenvalue weighted by atomic mass is 16.2. The second kappa shape index (κ2) is 11.4. The molecule has 0 bridgehead atoms. The zero-order chi connectivity index (χ0) is 28.3. The van der Waals surface area contributed by atoms with Gasteiger partial charge in [0.15, 0.2) is 0 Å². The molecule has 0 unspecified atom stereocenters. The van der Waals surface area contributed by atoms with Gasteiger partial charge in [-0.05, 0) is 68.0 Å². The van der Waals surface area contributed by atoms with E-state index >= 15 is 0 Å². The van der Waals surface area contributed by atoms with Gasteiger partial charge in [0.1, 0.15) is 5.82 Å². The quantitative estimate of drug-likeness (QED) is 0.260. The second-order valence-corrected chi connectivity index (χ2v) is 11.7. The van der Waals surface area contributed by atoms with Gasteiger partial charge in [0, 0.05) is 42.7 Å². The summed E-state index contributed by atoms with van der Waals surface area (Å²) in [6.45, 7) is 9.92. The third kappa shape index (κ3) is 6.45. The number of benzene rings is 2. The molecule has 0 radical (unpaired) electrons. The number of H-pyrrole nitrogens is 1. The lowest BCUT2D eigenvalue weighted by Gasteiger charge is -2.32. The molecule has 3 heterocycles. The molecule has 40 heavy (non-hydrogen) atoms. The third-order valence-electron chi connectivity index (χ3n) is 7.48. The minimum absolute atomic E-state index is 0.102. The number of nitrogens with zero attached hydrogens (tertiary/aromatic N) is 3. The summed E-state index contributed by atoms with van der Waals surface area (Å²) in [6.07, 6.45) is 6.48. The topological polar surface area (TPSA) is 95.1 Å². The molecular formula is C32H38N6O2. The Labute approximate surface area is 235 Å². The van der Waals surface area contributed by atoms with Gasteiger partial charge >= 0.3 is 6.03 Å². The van der Waals surface area contributed by atoms with Crippen LogP contribution in [0, 0.1) is 12.8 Å². The molecule has 2 aromatic carbocycles. The van der Waals surface area contributed by atoms with Crippen LogP contribution in [0.3, 0.4) is 0 Å². The summed E-state index contributed by atoms with van der Waals surface area (Å²) in [7, 11) is 0. The summed E-state index contributed by atoms with van der Waals surface area (Å²) in [5, 5.41) is 10.7. The van der Waals surface area contributed by atoms with Crippen LogP contribution in [-0.4, -0.2) is 44.7 Å². The van der Waals surface area contributed by atoms with Gasteiger partial charge in [-0.2, -0.15) is 5.10 Å². The molecule has 0 atom stereocenters. The number of aromatic nitrogens is 3.